The zero-order valence-electron chi connectivity index (χ0n) is 15.2. The van der Waals surface area contributed by atoms with Gasteiger partial charge < -0.3 is 5.11 Å². The number of rotatable bonds is 7. The molecule has 0 aliphatic rings. The summed E-state index contributed by atoms with van der Waals surface area (Å²) in [5.74, 6) is -0.719. The standard InChI is InChI=1S/C24H24O2/c1-2-3-5-16-8-10-18-12-13-19-11-9-17(6-4-7-22(25)26)21-15-14-20(16)23(18)24(19)21/h8-15H,2-7H2,1H3,(H,25,26). The van der Waals surface area contributed by atoms with Gasteiger partial charge in [0.2, 0.25) is 0 Å². The van der Waals surface area contributed by atoms with Crippen molar-refractivity contribution in [3.05, 3.63) is 59.7 Å². The van der Waals surface area contributed by atoms with Crippen LogP contribution in [0, 0.1) is 0 Å². The van der Waals surface area contributed by atoms with Gasteiger partial charge in [0.15, 0.2) is 0 Å². The van der Waals surface area contributed by atoms with Crippen molar-refractivity contribution in [2.24, 2.45) is 0 Å². The summed E-state index contributed by atoms with van der Waals surface area (Å²) in [6, 6.07) is 17.8. The summed E-state index contributed by atoms with van der Waals surface area (Å²) in [6.45, 7) is 2.24. The van der Waals surface area contributed by atoms with Crippen LogP contribution in [0.15, 0.2) is 48.5 Å². The third-order valence-corrected chi connectivity index (χ3v) is 5.48. The van der Waals surface area contributed by atoms with Crippen molar-refractivity contribution in [3.63, 3.8) is 0 Å². The zero-order chi connectivity index (χ0) is 18.1. The van der Waals surface area contributed by atoms with Gasteiger partial charge in [0.05, 0.1) is 0 Å². The maximum absolute atomic E-state index is 10.9. The lowest BCUT2D eigenvalue weighted by Crippen LogP contribution is -1.97. The molecule has 0 spiro atoms. The molecule has 0 atom stereocenters. The lowest BCUT2D eigenvalue weighted by Gasteiger charge is -2.16. The van der Waals surface area contributed by atoms with E-state index in [-0.39, 0.29) is 6.42 Å². The number of carbonyl (C=O) groups is 1. The van der Waals surface area contributed by atoms with Crippen LogP contribution in [-0.2, 0) is 17.6 Å². The molecule has 0 aliphatic carbocycles. The van der Waals surface area contributed by atoms with Crippen LogP contribution in [0.1, 0.15) is 43.7 Å². The minimum Gasteiger partial charge on any atom is -0.481 e. The van der Waals surface area contributed by atoms with Crippen molar-refractivity contribution in [2.75, 3.05) is 0 Å². The molecule has 2 heteroatoms. The van der Waals surface area contributed by atoms with E-state index in [9.17, 15) is 4.79 Å². The smallest absolute Gasteiger partial charge is 0.303 e. The summed E-state index contributed by atoms with van der Waals surface area (Å²) in [6.07, 6.45) is 5.25. The molecule has 0 radical (unpaired) electrons. The first-order valence-electron chi connectivity index (χ1n) is 9.59. The van der Waals surface area contributed by atoms with Gasteiger partial charge in [-0.25, -0.2) is 0 Å². The minimum absolute atomic E-state index is 0.225. The van der Waals surface area contributed by atoms with Gasteiger partial charge in [-0.05, 0) is 69.1 Å². The third-order valence-electron chi connectivity index (χ3n) is 5.48. The molecule has 0 aliphatic heterocycles. The Morgan fingerprint density at radius 3 is 1.77 bits per heavy atom. The van der Waals surface area contributed by atoms with Crippen LogP contribution >= 0.6 is 0 Å². The second-order valence-electron chi connectivity index (χ2n) is 7.22. The summed E-state index contributed by atoms with van der Waals surface area (Å²) in [4.78, 5) is 10.9. The number of carboxylic acids is 1. The zero-order valence-corrected chi connectivity index (χ0v) is 15.2. The summed E-state index contributed by atoms with van der Waals surface area (Å²) in [7, 11) is 0. The lowest BCUT2D eigenvalue weighted by molar-refractivity contribution is -0.137. The molecule has 0 bridgehead atoms. The number of hydrogen-bond donors (Lipinski definition) is 1. The van der Waals surface area contributed by atoms with Gasteiger partial charge in [0.25, 0.3) is 0 Å². The van der Waals surface area contributed by atoms with Gasteiger partial charge in [0.1, 0.15) is 0 Å². The molecule has 0 heterocycles. The molecule has 0 unspecified atom stereocenters. The first kappa shape index (κ1) is 16.8. The Labute approximate surface area is 153 Å². The second kappa shape index (κ2) is 6.95. The predicted octanol–water partition coefficient (Wildman–Crippen LogP) is 6.33. The minimum atomic E-state index is -0.719. The van der Waals surface area contributed by atoms with Crippen molar-refractivity contribution in [3.8, 4) is 0 Å². The first-order valence-corrected chi connectivity index (χ1v) is 9.59. The highest BCUT2D eigenvalue weighted by Crippen LogP contribution is 2.38. The number of hydrogen-bond acceptors (Lipinski definition) is 1. The monoisotopic (exact) mass is 344 g/mol. The van der Waals surface area contributed by atoms with Crippen LogP contribution in [0.2, 0.25) is 0 Å². The molecule has 4 aromatic carbocycles. The molecule has 1 N–H and O–H groups in total. The van der Waals surface area contributed by atoms with E-state index < -0.39 is 5.97 Å². The highest BCUT2D eigenvalue weighted by atomic mass is 16.4. The van der Waals surface area contributed by atoms with Crippen LogP contribution in [-0.4, -0.2) is 11.1 Å². The number of carboxylic acid groups (broad SMARTS) is 1. The van der Waals surface area contributed by atoms with E-state index in [1.165, 1.54) is 56.3 Å². The van der Waals surface area contributed by atoms with E-state index in [0.29, 0.717) is 6.42 Å². The fraction of sp³-hybridized carbons (Fsp3) is 0.292. The summed E-state index contributed by atoms with van der Waals surface area (Å²) >= 11 is 0. The number of aliphatic carboxylic acids is 1. The Morgan fingerprint density at radius 2 is 1.27 bits per heavy atom. The van der Waals surface area contributed by atoms with Crippen LogP contribution in [0.3, 0.4) is 0 Å². The van der Waals surface area contributed by atoms with E-state index in [4.69, 9.17) is 5.11 Å². The average molecular weight is 344 g/mol. The topological polar surface area (TPSA) is 37.3 Å². The molecule has 0 aromatic heterocycles. The Morgan fingerprint density at radius 1 is 0.769 bits per heavy atom. The van der Waals surface area contributed by atoms with Crippen molar-refractivity contribution in [1.29, 1.82) is 0 Å². The molecule has 0 fully saturated rings. The molecule has 4 rings (SSSR count). The van der Waals surface area contributed by atoms with Gasteiger partial charge >= 0.3 is 5.97 Å². The van der Waals surface area contributed by atoms with Gasteiger partial charge in [-0.2, -0.15) is 0 Å². The molecular weight excluding hydrogens is 320 g/mol. The van der Waals surface area contributed by atoms with E-state index >= 15 is 0 Å². The largest absolute Gasteiger partial charge is 0.481 e. The molecule has 26 heavy (non-hydrogen) atoms. The van der Waals surface area contributed by atoms with Gasteiger partial charge in [-0.1, -0.05) is 61.9 Å². The van der Waals surface area contributed by atoms with Gasteiger partial charge in [-0.15, -0.1) is 0 Å². The Kier molecular flexibility index (Phi) is 4.50. The van der Waals surface area contributed by atoms with E-state index in [1.54, 1.807) is 0 Å². The molecule has 4 aromatic rings. The van der Waals surface area contributed by atoms with Gasteiger partial charge in [0, 0.05) is 6.42 Å². The van der Waals surface area contributed by atoms with E-state index in [0.717, 1.165) is 12.8 Å². The number of aryl methyl sites for hydroxylation is 2. The maximum Gasteiger partial charge on any atom is 0.303 e. The van der Waals surface area contributed by atoms with Crippen LogP contribution in [0.25, 0.3) is 32.3 Å². The predicted molar refractivity (Wildman–Crippen MR) is 109 cm³/mol. The third kappa shape index (κ3) is 2.90. The Bertz CT molecular complexity index is 1080. The fourth-order valence-corrected chi connectivity index (χ4v) is 4.16. The summed E-state index contributed by atoms with van der Waals surface area (Å²) in [5.41, 5.74) is 2.69. The molecule has 2 nitrogen and oxygen atoms in total. The van der Waals surface area contributed by atoms with E-state index in [2.05, 4.69) is 55.5 Å². The quantitative estimate of drug-likeness (QED) is 0.397. The highest BCUT2D eigenvalue weighted by molar-refractivity contribution is 6.24. The first-order chi connectivity index (χ1) is 12.7. The Hall–Kier alpha value is -2.61. The SMILES string of the molecule is CCCCc1ccc2ccc3ccc(CCCC(=O)O)c4ccc1c2c34. The van der Waals surface area contributed by atoms with Crippen LogP contribution in [0.5, 0.6) is 0 Å². The van der Waals surface area contributed by atoms with Crippen molar-refractivity contribution >= 4 is 38.3 Å². The average Bonchev–Trinajstić information content (AvgIpc) is 2.65. The fourth-order valence-electron chi connectivity index (χ4n) is 4.16. The number of unbranched alkanes of at least 4 members (excludes halogenated alkanes) is 1. The lowest BCUT2D eigenvalue weighted by atomic mass is 9.88. The van der Waals surface area contributed by atoms with Crippen molar-refractivity contribution in [1.82, 2.24) is 0 Å². The van der Waals surface area contributed by atoms with Crippen molar-refractivity contribution < 1.29 is 9.90 Å². The highest BCUT2D eigenvalue weighted by Gasteiger charge is 2.13. The van der Waals surface area contributed by atoms with Crippen molar-refractivity contribution in [2.45, 2.75) is 45.4 Å². The van der Waals surface area contributed by atoms with E-state index in [1.807, 2.05) is 0 Å². The Balaban J connectivity index is 1.90. The molecule has 132 valence electrons. The second-order valence-corrected chi connectivity index (χ2v) is 7.22. The molecular formula is C24H24O2. The number of benzene rings is 4. The summed E-state index contributed by atoms with van der Waals surface area (Å²) in [5, 5.41) is 16.8. The molecule has 0 saturated carbocycles. The van der Waals surface area contributed by atoms with Gasteiger partial charge in [-0.3, -0.25) is 4.79 Å². The maximum atomic E-state index is 10.9. The molecule has 0 amide bonds. The van der Waals surface area contributed by atoms with Crippen LogP contribution in [0.4, 0.5) is 0 Å². The van der Waals surface area contributed by atoms with Crippen LogP contribution < -0.4 is 0 Å². The molecule has 0 saturated heterocycles. The normalized spacial score (nSPS) is 11.7. The summed E-state index contributed by atoms with van der Waals surface area (Å²) < 4.78 is 0.